The molecule has 0 fully saturated rings. The van der Waals surface area contributed by atoms with Crippen LogP contribution in [0.4, 0.5) is 5.82 Å². The summed E-state index contributed by atoms with van der Waals surface area (Å²) >= 11 is 0. The first kappa shape index (κ1) is 13.3. The zero-order chi connectivity index (χ0) is 13.7. The minimum atomic E-state index is -0.270. The molecule has 2 rings (SSSR count). The minimum absolute atomic E-state index is 0.0362. The Labute approximate surface area is 110 Å². The number of Topliss-reactive ketones (excluding diaryl/α,β-unsaturated/α-hetero) is 1. The number of nitrogens with two attached hydrogens (primary N) is 1. The number of fused-ring (bicyclic) bond motifs is 1. The van der Waals surface area contributed by atoms with E-state index in [2.05, 4.69) is 15.3 Å². The van der Waals surface area contributed by atoms with Gasteiger partial charge in [0.1, 0.15) is 12.2 Å². The zero-order valence-electron chi connectivity index (χ0n) is 10.6. The molecule has 7 heteroatoms. The van der Waals surface area contributed by atoms with E-state index >= 15 is 0 Å². The number of nitrogens with one attached hydrogen (secondary N) is 1. The highest BCUT2D eigenvalue weighted by molar-refractivity contribution is 6.04. The lowest BCUT2D eigenvalue weighted by atomic mass is 10.2. The van der Waals surface area contributed by atoms with E-state index in [9.17, 15) is 9.59 Å². The summed E-state index contributed by atoms with van der Waals surface area (Å²) in [6.45, 7) is 0.849. The Morgan fingerprint density at radius 2 is 2.26 bits per heavy atom. The van der Waals surface area contributed by atoms with Crippen molar-refractivity contribution in [3.8, 4) is 0 Å². The van der Waals surface area contributed by atoms with Crippen molar-refractivity contribution in [2.24, 2.45) is 10.7 Å². The van der Waals surface area contributed by atoms with Crippen LogP contribution >= 0.6 is 0 Å². The highest BCUT2D eigenvalue weighted by Gasteiger charge is 2.19. The highest BCUT2D eigenvalue weighted by atomic mass is 16.1. The van der Waals surface area contributed by atoms with Crippen LogP contribution in [0.25, 0.3) is 0 Å². The average molecular weight is 263 g/mol. The van der Waals surface area contributed by atoms with Crippen LogP contribution in [0, 0.1) is 0 Å². The standard InChI is InChI=1S/C12H17N5O2/c13-10(19)4-2-1-3-5-17-8-16-12-11(17)9(18)6-14-7-15-12/h7-8H,1-6H2,(H2,13,19)(H,14,15). The number of imidazole rings is 1. The van der Waals surface area contributed by atoms with Gasteiger partial charge in [-0.2, -0.15) is 0 Å². The normalized spacial score (nSPS) is 13.8. The minimum Gasteiger partial charge on any atom is -0.370 e. The topological polar surface area (TPSA) is 102 Å². The second-order valence-corrected chi connectivity index (χ2v) is 4.45. The Hall–Kier alpha value is -2.18. The summed E-state index contributed by atoms with van der Waals surface area (Å²) in [6, 6.07) is 0. The fourth-order valence-electron chi connectivity index (χ4n) is 2.02. The van der Waals surface area contributed by atoms with Gasteiger partial charge in [-0.3, -0.25) is 14.6 Å². The number of anilines is 1. The van der Waals surface area contributed by atoms with Crippen molar-refractivity contribution >= 4 is 23.8 Å². The van der Waals surface area contributed by atoms with E-state index < -0.39 is 0 Å². The number of carbonyl (C=O) groups is 2. The van der Waals surface area contributed by atoms with Gasteiger partial charge in [0.2, 0.25) is 11.7 Å². The molecular formula is C12H17N5O2. The van der Waals surface area contributed by atoms with E-state index in [-0.39, 0.29) is 18.2 Å². The molecule has 0 unspecified atom stereocenters. The molecule has 7 nitrogen and oxygen atoms in total. The summed E-state index contributed by atoms with van der Waals surface area (Å²) in [5, 5.41) is 2.89. The van der Waals surface area contributed by atoms with Crippen LogP contribution in [0.5, 0.6) is 0 Å². The number of primary amides is 1. The molecule has 2 heterocycles. The first-order valence-electron chi connectivity index (χ1n) is 6.30. The Morgan fingerprint density at radius 1 is 1.42 bits per heavy atom. The Balaban J connectivity index is 1.90. The van der Waals surface area contributed by atoms with Gasteiger partial charge in [0.25, 0.3) is 0 Å². The molecule has 0 atom stereocenters. The molecule has 0 saturated carbocycles. The van der Waals surface area contributed by atoms with Gasteiger partial charge in [0.15, 0.2) is 5.82 Å². The number of nitrogens with zero attached hydrogens (tertiary/aromatic N) is 3. The number of amides is 1. The Bertz CT molecular complexity index is 506. The van der Waals surface area contributed by atoms with Gasteiger partial charge in [0, 0.05) is 13.0 Å². The summed E-state index contributed by atoms with van der Waals surface area (Å²) in [7, 11) is 0. The van der Waals surface area contributed by atoms with Crippen molar-refractivity contribution in [3.05, 3.63) is 12.0 Å². The molecule has 19 heavy (non-hydrogen) atoms. The molecule has 1 aromatic heterocycles. The quantitative estimate of drug-likeness (QED) is 0.732. The van der Waals surface area contributed by atoms with Gasteiger partial charge in [-0.1, -0.05) is 6.42 Å². The molecule has 0 radical (unpaired) electrons. The van der Waals surface area contributed by atoms with E-state index in [0.717, 1.165) is 19.3 Å². The van der Waals surface area contributed by atoms with Crippen molar-refractivity contribution in [2.45, 2.75) is 32.2 Å². The van der Waals surface area contributed by atoms with E-state index in [1.807, 2.05) is 4.57 Å². The summed E-state index contributed by atoms with van der Waals surface area (Å²) in [5.74, 6) is 0.252. The van der Waals surface area contributed by atoms with Gasteiger partial charge in [0.05, 0.1) is 12.7 Å². The van der Waals surface area contributed by atoms with Gasteiger partial charge in [-0.15, -0.1) is 0 Å². The van der Waals surface area contributed by atoms with Crippen molar-refractivity contribution < 1.29 is 9.59 Å². The molecule has 0 aliphatic carbocycles. The van der Waals surface area contributed by atoms with E-state index in [1.54, 1.807) is 6.33 Å². The van der Waals surface area contributed by atoms with Crippen molar-refractivity contribution in [3.63, 3.8) is 0 Å². The maximum absolute atomic E-state index is 11.9. The van der Waals surface area contributed by atoms with E-state index in [0.29, 0.717) is 24.5 Å². The van der Waals surface area contributed by atoms with Crippen LogP contribution in [0.1, 0.15) is 36.2 Å². The highest BCUT2D eigenvalue weighted by Crippen LogP contribution is 2.17. The number of hydrogen-bond donors (Lipinski definition) is 2. The molecule has 0 saturated heterocycles. The number of aryl methyl sites for hydroxylation is 1. The van der Waals surface area contributed by atoms with Crippen LogP contribution in [0.2, 0.25) is 0 Å². The Kier molecular flexibility index (Phi) is 4.27. The van der Waals surface area contributed by atoms with E-state index in [4.69, 9.17) is 5.73 Å². The average Bonchev–Trinajstić information content (AvgIpc) is 2.67. The lowest BCUT2D eigenvalue weighted by Gasteiger charge is -2.06. The number of aromatic nitrogens is 2. The van der Waals surface area contributed by atoms with Crippen LogP contribution in [0.3, 0.4) is 0 Å². The third-order valence-electron chi connectivity index (χ3n) is 2.95. The zero-order valence-corrected chi connectivity index (χ0v) is 10.6. The molecule has 0 aromatic carbocycles. The van der Waals surface area contributed by atoms with Crippen LogP contribution in [0.15, 0.2) is 11.3 Å². The fraction of sp³-hybridized carbons (Fsp3) is 0.500. The van der Waals surface area contributed by atoms with Crippen LogP contribution < -0.4 is 11.1 Å². The first-order chi connectivity index (χ1) is 9.18. The van der Waals surface area contributed by atoms with Gasteiger partial charge in [-0.05, 0) is 12.8 Å². The SMILES string of the molecule is NC(=O)CCCCCn1cnc2c1C(=O)CN=CN2. The number of hydrogen-bond acceptors (Lipinski definition) is 5. The van der Waals surface area contributed by atoms with Crippen LogP contribution in [-0.4, -0.2) is 34.1 Å². The van der Waals surface area contributed by atoms with Gasteiger partial charge in [-0.25, -0.2) is 4.98 Å². The maximum Gasteiger partial charge on any atom is 0.217 e. The molecule has 3 N–H and O–H groups in total. The summed E-state index contributed by atoms with van der Waals surface area (Å²) in [6.07, 6.45) is 6.12. The van der Waals surface area contributed by atoms with E-state index in [1.165, 1.54) is 6.34 Å². The first-order valence-corrected chi connectivity index (χ1v) is 6.30. The molecular weight excluding hydrogens is 246 g/mol. The molecule has 0 bridgehead atoms. The number of ketones is 1. The number of rotatable bonds is 6. The van der Waals surface area contributed by atoms with Crippen molar-refractivity contribution in [1.29, 1.82) is 0 Å². The third kappa shape index (κ3) is 3.40. The molecule has 1 aliphatic rings. The number of unbranched alkanes of at least 4 members (excludes halogenated alkanes) is 2. The van der Waals surface area contributed by atoms with Crippen molar-refractivity contribution in [2.75, 3.05) is 11.9 Å². The summed E-state index contributed by atoms with van der Waals surface area (Å²) < 4.78 is 1.84. The summed E-state index contributed by atoms with van der Waals surface area (Å²) in [4.78, 5) is 30.6. The molecule has 1 amide bonds. The lowest BCUT2D eigenvalue weighted by Crippen LogP contribution is -2.12. The van der Waals surface area contributed by atoms with Gasteiger partial charge >= 0.3 is 0 Å². The largest absolute Gasteiger partial charge is 0.370 e. The molecule has 1 aromatic rings. The molecule has 0 spiro atoms. The number of carbonyl (C=O) groups excluding carboxylic acids is 2. The predicted octanol–water partition coefficient (Wildman–Crippen LogP) is 0.565. The third-order valence-corrected chi connectivity index (χ3v) is 2.95. The summed E-state index contributed by atoms with van der Waals surface area (Å²) in [5.41, 5.74) is 5.65. The molecule has 1 aliphatic heterocycles. The second-order valence-electron chi connectivity index (χ2n) is 4.45. The monoisotopic (exact) mass is 263 g/mol. The van der Waals surface area contributed by atoms with Crippen molar-refractivity contribution in [1.82, 2.24) is 9.55 Å². The lowest BCUT2D eigenvalue weighted by molar-refractivity contribution is -0.118. The molecule has 102 valence electrons. The predicted molar refractivity (Wildman–Crippen MR) is 71.2 cm³/mol. The maximum atomic E-state index is 11.9. The Morgan fingerprint density at radius 3 is 3.05 bits per heavy atom. The smallest absolute Gasteiger partial charge is 0.217 e. The second kappa shape index (κ2) is 6.12. The van der Waals surface area contributed by atoms with Crippen LogP contribution in [-0.2, 0) is 11.3 Å². The van der Waals surface area contributed by atoms with Gasteiger partial charge < -0.3 is 15.6 Å². The fourth-order valence-corrected chi connectivity index (χ4v) is 2.02. The number of aliphatic imine (C=N–C) groups is 1.